The first-order valence-corrected chi connectivity index (χ1v) is 9.90. The highest BCUT2D eigenvalue weighted by Gasteiger charge is 2.25. The largest absolute Gasteiger partial charge is 0.444 e. The summed E-state index contributed by atoms with van der Waals surface area (Å²) in [6, 6.07) is 7.84. The predicted octanol–water partition coefficient (Wildman–Crippen LogP) is 3.90. The topological polar surface area (TPSA) is 91.5 Å². The molecule has 0 unspecified atom stereocenters. The zero-order chi connectivity index (χ0) is 19.9. The summed E-state index contributed by atoms with van der Waals surface area (Å²) < 4.78 is 5.59. The molecule has 0 saturated heterocycles. The van der Waals surface area contributed by atoms with Crippen LogP contribution in [0, 0.1) is 19.8 Å². The normalized spacial score (nSPS) is 14.0. The summed E-state index contributed by atoms with van der Waals surface area (Å²) in [5.41, 5.74) is 2.76. The van der Waals surface area contributed by atoms with Crippen LogP contribution >= 0.6 is 24.0 Å². The Kier molecular flexibility index (Phi) is 8.94. The van der Waals surface area contributed by atoms with Crippen LogP contribution < -0.4 is 16.0 Å². The number of benzene rings is 1. The fourth-order valence-electron chi connectivity index (χ4n) is 2.95. The van der Waals surface area contributed by atoms with Crippen LogP contribution in [0.4, 0.5) is 5.69 Å². The summed E-state index contributed by atoms with van der Waals surface area (Å²) in [6.45, 7) is 7.59. The highest BCUT2D eigenvalue weighted by atomic mass is 127. The number of aliphatic imine (C=N–C) groups is 1. The zero-order valence-corrected chi connectivity index (χ0v) is 19.6. The molecule has 1 heterocycles. The van der Waals surface area contributed by atoms with E-state index in [0.29, 0.717) is 24.9 Å². The molecule has 0 aliphatic heterocycles. The Morgan fingerprint density at radius 1 is 1.28 bits per heavy atom. The number of hydrogen-bond donors (Lipinski definition) is 3. The van der Waals surface area contributed by atoms with Crippen molar-refractivity contribution in [2.45, 2.75) is 53.1 Å². The molecular weight excluding hydrogens is 481 g/mol. The van der Waals surface area contributed by atoms with E-state index in [1.54, 1.807) is 0 Å². The average Bonchev–Trinajstić information content (AvgIpc) is 2.94. The molecule has 1 aromatic carbocycles. The van der Waals surface area contributed by atoms with Crippen molar-refractivity contribution in [1.82, 2.24) is 15.6 Å². The molecule has 0 radical (unpaired) electrons. The third kappa shape index (κ3) is 6.73. The molecule has 1 aliphatic carbocycles. The van der Waals surface area contributed by atoms with E-state index in [1.165, 1.54) is 0 Å². The summed E-state index contributed by atoms with van der Waals surface area (Å²) in [5.74, 6) is 2.47. The molecule has 29 heavy (non-hydrogen) atoms. The number of anilines is 1. The molecule has 1 saturated carbocycles. The van der Waals surface area contributed by atoms with Crippen LogP contribution in [0.15, 0.2) is 33.7 Å². The van der Waals surface area contributed by atoms with Gasteiger partial charge >= 0.3 is 0 Å². The van der Waals surface area contributed by atoms with Crippen molar-refractivity contribution in [3.8, 4) is 0 Å². The van der Waals surface area contributed by atoms with Gasteiger partial charge in [0, 0.05) is 18.2 Å². The van der Waals surface area contributed by atoms with Gasteiger partial charge in [0.05, 0.1) is 18.8 Å². The number of halogens is 1. The molecule has 7 nitrogen and oxygen atoms in total. The number of aryl methyl sites for hydroxylation is 2. The van der Waals surface area contributed by atoms with Gasteiger partial charge in [-0.15, -0.1) is 24.0 Å². The van der Waals surface area contributed by atoms with Crippen LogP contribution in [0.3, 0.4) is 0 Å². The van der Waals surface area contributed by atoms with Gasteiger partial charge in [0.25, 0.3) is 0 Å². The number of oxazole rings is 1. The van der Waals surface area contributed by atoms with Crippen molar-refractivity contribution in [3.05, 3.63) is 47.2 Å². The summed E-state index contributed by atoms with van der Waals surface area (Å²) in [4.78, 5) is 21.1. The maximum Gasteiger partial charge on any atom is 0.227 e. The minimum atomic E-state index is 0. The smallest absolute Gasteiger partial charge is 0.227 e. The molecule has 3 N–H and O–H groups in total. The molecule has 0 bridgehead atoms. The van der Waals surface area contributed by atoms with E-state index in [-0.39, 0.29) is 35.8 Å². The van der Waals surface area contributed by atoms with Crippen LogP contribution in [0.2, 0.25) is 0 Å². The number of nitrogens with one attached hydrogen (secondary N) is 3. The Morgan fingerprint density at radius 2 is 2.07 bits per heavy atom. The van der Waals surface area contributed by atoms with Crippen molar-refractivity contribution in [3.63, 3.8) is 0 Å². The third-order valence-corrected chi connectivity index (χ3v) is 4.91. The number of amides is 1. The van der Waals surface area contributed by atoms with Gasteiger partial charge in [-0.3, -0.25) is 4.79 Å². The number of guanidine groups is 1. The summed E-state index contributed by atoms with van der Waals surface area (Å²) in [5, 5.41) is 9.47. The summed E-state index contributed by atoms with van der Waals surface area (Å²) in [6.07, 6.45) is 3.15. The van der Waals surface area contributed by atoms with Gasteiger partial charge in [0.15, 0.2) is 5.96 Å². The first-order chi connectivity index (χ1) is 13.5. The Balaban J connectivity index is 0.00000300. The predicted molar refractivity (Wildman–Crippen MR) is 125 cm³/mol. The lowest BCUT2D eigenvalue weighted by atomic mass is 9.85. The van der Waals surface area contributed by atoms with Crippen molar-refractivity contribution in [2.75, 3.05) is 11.9 Å². The number of rotatable bonds is 7. The van der Waals surface area contributed by atoms with Gasteiger partial charge in [-0.2, -0.15) is 0 Å². The first-order valence-electron chi connectivity index (χ1n) is 9.90. The molecular formula is C21H30IN5O2. The Morgan fingerprint density at radius 3 is 2.69 bits per heavy atom. The molecule has 0 spiro atoms. The van der Waals surface area contributed by atoms with Gasteiger partial charge < -0.3 is 20.4 Å². The van der Waals surface area contributed by atoms with E-state index in [9.17, 15) is 4.79 Å². The van der Waals surface area contributed by atoms with Crippen molar-refractivity contribution >= 4 is 41.5 Å². The van der Waals surface area contributed by atoms with Crippen molar-refractivity contribution in [2.24, 2.45) is 10.9 Å². The highest BCUT2D eigenvalue weighted by Crippen LogP contribution is 2.27. The fraction of sp³-hybridized carbons (Fsp3) is 0.476. The van der Waals surface area contributed by atoms with Crippen LogP contribution in [0.1, 0.15) is 49.1 Å². The van der Waals surface area contributed by atoms with Gasteiger partial charge in [-0.05, 0) is 51.3 Å². The Labute approximate surface area is 189 Å². The fourth-order valence-corrected chi connectivity index (χ4v) is 2.95. The van der Waals surface area contributed by atoms with Crippen LogP contribution in [-0.4, -0.2) is 23.4 Å². The second-order valence-corrected chi connectivity index (χ2v) is 7.12. The standard InChI is InChI=1S/C21H29N5O2.HI/c1-4-22-21(24-13-19-25-14(2)15(3)28-19)23-12-16-7-5-10-18(11-16)26-20(27)17-8-6-9-17;/h5,7,10-11,17H,4,6,8-9,12-13H2,1-3H3,(H,26,27)(H2,22,23,24);1H. The lowest BCUT2D eigenvalue weighted by Gasteiger charge is -2.24. The van der Waals surface area contributed by atoms with Crippen LogP contribution in [-0.2, 0) is 17.9 Å². The summed E-state index contributed by atoms with van der Waals surface area (Å²) in [7, 11) is 0. The SMILES string of the molecule is CCNC(=NCc1cccc(NC(=O)C2CCC2)c1)NCc1nc(C)c(C)o1.I. The van der Waals surface area contributed by atoms with Crippen LogP contribution in [0.5, 0.6) is 0 Å². The second-order valence-electron chi connectivity index (χ2n) is 7.12. The number of carbonyl (C=O) groups excluding carboxylic acids is 1. The van der Waals surface area contributed by atoms with Gasteiger partial charge in [-0.1, -0.05) is 18.6 Å². The van der Waals surface area contributed by atoms with Crippen molar-refractivity contribution < 1.29 is 9.21 Å². The van der Waals surface area contributed by atoms with Gasteiger partial charge in [0.2, 0.25) is 11.8 Å². The zero-order valence-electron chi connectivity index (χ0n) is 17.2. The second kappa shape index (κ2) is 11.2. The Bertz CT molecular complexity index is 826. The quantitative estimate of drug-likeness (QED) is 0.298. The average molecular weight is 511 g/mol. The maximum absolute atomic E-state index is 12.1. The van der Waals surface area contributed by atoms with E-state index in [0.717, 1.165) is 48.5 Å². The number of carbonyl (C=O) groups is 1. The number of nitrogens with zero attached hydrogens (tertiary/aromatic N) is 2. The number of aromatic nitrogens is 1. The van der Waals surface area contributed by atoms with E-state index < -0.39 is 0 Å². The van der Waals surface area contributed by atoms with E-state index in [1.807, 2.05) is 45.0 Å². The molecule has 1 amide bonds. The number of hydrogen-bond acceptors (Lipinski definition) is 4. The third-order valence-electron chi connectivity index (χ3n) is 4.91. The first kappa shape index (κ1) is 23.2. The highest BCUT2D eigenvalue weighted by molar-refractivity contribution is 14.0. The molecule has 158 valence electrons. The monoisotopic (exact) mass is 511 g/mol. The molecule has 0 atom stereocenters. The van der Waals surface area contributed by atoms with E-state index in [2.05, 4.69) is 25.9 Å². The molecule has 3 rings (SSSR count). The Hall–Kier alpha value is -2.10. The molecule has 1 aliphatic rings. The molecule has 8 heteroatoms. The summed E-state index contributed by atoms with van der Waals surface area (Å²) >= 11 is 0. The van der Waals surface area contributed by atoms with Crippen molar-refractivity contribution in [1.29, 1.82) is 0 Å². The van der Waals surface area contributed by atoms with Crippen LogP contribution in [0.25, 0.3) is 0 Å². The lowest BCUT2D eigenvalue weighted by molar-refractivity contribution is -0.122. The van der Waals surface area contributed by atoms with E-state index >= 15 is 0 Å². The minimum absolute atomic E-state index is 0. The molecule has 1 aromatic heterocycles. The van der Waals surface area contributed by atoms with E-state index in [4.69, 9.17) is 4.42 Å². The molecule has 2 aromatic rings. The molecule has 1 fully saturated rings. The van der Waals surface area contributed by atoms with Gasteiger partial charge in [0.1, 0.15) is 5.76 Å². The van der Waals surface area contributed by atoms with Gasteiger partial charge in [-0.25, -0.2) is 9.98 Å². The lowest BCUT2D eigenvalue weighted by Crippen LogP contribution is -2.36. The minimum Gasteiger partial charge on any atom is -0.444 e. The maximum atomic E-state index is 12.1.